The van der Waals surface area contributed by atoms with Crippen LogP contribution in [0.25, 0.3) is 10.1 Å². The zero-order valence-corrected chi connectivity index (χ0v) is 16.8. The molecule has 146 valence electrons. The Morgan fingerprint density at radius 1 is 1.18 bits per heavy atom. The fourth-order valence-corrected chi connectivity index (χ4v) is 5.35. The van der Waals surface area contributed by atoms with Crippen LogP contribution in [0, 0.1) is 0 Å². The molecule has 0 spiro atoms. The molecule has 0 atom stereocenters. The molecule has 1 heterocycles. The topological polar surface area (TPSA) is 58.6 Å². The molecule has 1 fully saturated rings. The van der Waals surface area contributed by atoms with Gasteiger partial charge in [0, 0.05) is 16.7 Å². The second-order valence-corrected chi connectivity index (χ2v) is 8.45. The number of thiophene rings is 1. The van der Waals surface area contributed by atoms with Crippen molar-refractivity contribution in [1.82, 2.24) is 5.32 Å². The number of aliphatic hydroxyl groups is 1. The van der Waals surface area contributed by atoms with Gasteiger partial charge in [0.05, 0.1) is 18.8 Å². The summed E-state index contributed by atoms with van der Waals surface area (Å²) in [7, 11) is 1.58. The van der Waals surface area contributed by atoms with Crippen LogP contribution in [0.5, 0.6) is 5.75 Å². The van der Waals surface area contributed by atoms with Gasteiger partial charge in [-0.2, -0.15) is 0 Å². The SMILES string of the molecule is COc1ccccc1C(=O)NC[C@]1(c2csc3ccccc32)CC[C@@H](O)CC1. The van der Waals surface area contributed by atoms with Crippen LogP contribution in [-0.2, 0) is 5.41 Å². The minimum atomic E-state index is -0.247. The van der Waals surface area contributed by atoms with E-state index in [-0.39, 0.29) is 17.4 Å². The van der Waals surface area contributed by atoms with E-state index >= 15 is 0 Å². The van der Waals surface area contributed by atoms with Gasteiger partial charge >= 0.3 is 0 Å². The highest BCUT2D eigenvalue weighted by atomic mass is 32.1. The number of para-hydroxylation sites is 1. The molecule has 3 aromatic rings. The van der Waals surface area contributed by atoms with Crippen molar-refractivity contribution < 1.29 is 14.6 Å². The predicted molar refractivity (Wildman–Crippen MR) is 113 cm³/mol. The van der Waals surface area contributed by atoms with Crippen molar-refractivity contribution in [3.63, 3.8) is 0 Å². The predicted octanol–water partition coefficient (Wildman–Crippen LogP) is 4.51. The molecule has 2 aromatic carbocycles. The van der Waals surface area contributed by atoms with Crippen LogP contribution < -0.4 is 10.1 Å². The molecule has 0 bridgehead atoms. The maximum Gasteiger partial charge on any atom is 0.255 e. The Balaban J connectivity index is 1.63. The first-order valence-corrected chi connectivity index (χ1v) is 10.6. The van der Waals surface area contributed by atoms with E-state index in [9.17, 15) is 9.90 Å². The van der Waals surface area contributed by atoms with Gasteiger partial charge in [-0.3, -0.25) is 4.79 Å². The fraction of sp³-hybridized carbons (Fsp3) is 0.348. The van der Waals surface area contributed by atoms with Crippen molar-refractivity contribution in [3.8, 4) is 5.75 Å². The molecule has 5 heteroatoms. The van der Waals surface area contributed by atoms with E-state index in [2.05, 4.69) is 35.0 Å². The quantitative estimate of drug-likeness (QED) is 0.668. The number of hydrogen-bond donors (Lipinski definition) is 2. The molecule has 0 unspecified atom stereocenters. The van der Waals surface area contributed by atoms with Crippen molar-refractivity contribution in [1.29, 1.82) is 0 Å². The Kier molecular flexibility index (Phi) is 5.38. The van der Waals surface area contributed by atoms with Crippen LogP contribution in [0.1, 0.15) is 41.6 Å². The lowest BCUT2D eigenvalue weighted by atomic mass is 9.68. The van der Waals surface area contributed by atoms with Crippen LogP contribution in [0.4, 0.5) is 0 Å². The van der Waals surface area contributed by atoms with Crippen molar-refractivity contribution in [2.45, 2.75) is 37.2 Å². The lowest BCUT2D eigenvalue weighted by molar-refractivity contribution is 0.0853. The number of carbonyl (C=O) groups excluding carboxylic acids is 1. The van der Waals surface area contributed by atoms with Crippen LogP contribution in [0.15, 0.2) is 53.9 Å². The van der Waals surface area contributed by atoms with E-state index in [0.717, 1.165) is 25.7 Å². The normalized spacial score (nSPS) is 22.1. The monoisotopic (exact) mass is 395 g/mol. The summed E-state index contributed by atoms with van der Waals surface area (Å²) in [6.07, 6.45) is 2.99. The van der Waals surface area contributed by atoms with Gasteiger partial charge < -0.3 is 15.2 Å². The van der Waals surface area contributed by atoms with Crippen molar-refractivity contribution >= 4 is 27.3 Å². The Hall–Kier alpha value is -2.37. The highest BCUT2D eigenvalue weighted by molar-refractivity contribution is 7.17. The van der Waals surface area contributed by atoms with Gasteiger partial charge in [-0.25, -0.2) is 0 Å². The fourth-order valence-electron chi connectivity index (χ4n) is 4.26. The van der Waals surface area contributed by atoms with E-state index < -0.39 is 0 Å². The van der Waals surface area contributed by atoms with Gasteiger partial charge in [0.1, 0.15) is 5.75 Å². The summed E-state index contributed by atoms with van der Waals surface area (Å²) in [5.74, 6) is 0.455. The van der Waals surface area contributed by atoms with E-state index in [4.69, 9.17) is 4.74 Å². The summed E-state index contributed by atoms with van der Waals surface area (Å²) in [4.78, 5) is 12.9. The first kappa shape index (κ1) is 19.0. The third-order valence-corrected chi connectivity index (χ3v) is 6.87. The van der Waals surface area contributed by atoms with Gasteiger partial charge in [-0.1, -0.05) is 30.3 Å². The molecule has 1 aliphatic carbocycles. The number of carbonyl (C=O) groups is 1. The van der Waals surface area contributed by atoms with Crippen molar-refractivity contribution in [2.24, 2.45) is 0 Å². The average Bonchev–Trinajstić information content (AvgIpc) is 3.18. The number of rotatable bonds is 5. The number of ether oxygens (including phenoxy) is 1. The van der Waals surface area contributed by atoms with Gasteiger partial charge in [-0.15, -0.1) is 11.3 Å². The van der Waals surface area contributed by atoms with Gasteiger partial charge in [-0.05, 0) is 60.2 Å². The largest absolute Gasteiger partial charge is 0.496 e. The molecule has 4 rings (SSSR count). The molecule has 28 heavy (non-hydrogen) atoms. The van der Waals surface area contributed by atoms with Crippen LogP contribution >= 0.6 is 11.3 Å². The Labute approximate surface area is 169 Å². The number of amides is 1. The number of hydrogen-bond acceptors (Lipinski definition) is 4. The third-order valence-electron chi connectivity index (χ3n) is 5.90. The minimum Gasteiger partial charge on any atom is -0.496 e. The summed E-state index contributed by atoms with van der Waals surface area (Å²) in [5, 5.41) is 16.7. The molecule has 1 saturated carbocycles. The summed E-state index contributed by atoms with van der Waals surface area (Å²) < 4.78 is 6.60. The first-order chi connectivity index (χ1) is 13.6. The van der Waals surface area contributed by atoms with Crippen LogP contribution in [0.3, 0.4) is 0 Å². The second-order valence-electron chi connectivity index (χ2n) is 7.54. The number of benzene rings is 2. The number of aliphatic hydroxyl groups excluding tert-OH is 1. The lowest BCUT2D eigenvalue weighted by Gasteiger charge is -2.39. The molecule has 0 radical (unpaired) electrons. The molecule has 1 aromatic heterocycles. The van der Waals surface area contributed by atoms with Gasteiger partial charge in [0.15, 0.2) is 0 Å². The zero-order chi connectivity index (χ0) is 19.6. The summed E-state index contributed by atoms with van der Waals surface area (Å²) in [6.45, 7) is 0.553. The lowest BCUT2D eigenvalue weighted by Crippen LogP contribution is -2.44. The van der Waals surface area contributed by atoms with Crippen molar-refractivity contribution in [2.75, 3.05) is 13.7 Å². The Morgan fingerprint density at radius 2 is 1.89 bits per heavy atom. The molecule has 2 N–H and O–H groups in total. The van der Waals surface area contributed by atoms with Crippen molar-refractivity contribution in [3.05, 3.63) is 65.0 Å². The maximum absolute atomic E-state index is 12.9. The van der Waals surface area contributed by atoms with E-state index in [1.54, 1.807) is 30.6 Å². The maximum atomic E-state index is 12.9. The van der Waals surface area contributed by atoms with E-state index in [0.29, 0.717) is 17.9 Å². The minimum absolute atomic E-state index is 0.123. The second kappa shape index (κ2) is 7.94. The molecular formula is C23H25NO3S. The third kappa shape index (κ3) is 3.52. The van der Waals surface area contributed by atoms with Gasteiger partial charge in [0.25, 0.3) is 5.91 Å². The summed E-state index contributed by atoms with van der Waals surface area (Å²) >= 11 is 1.75. The highest BCUT2D eigenvalue weighted by Gasteiger charge is 2.38. The standard InChI is InChI=1S/C23H25NO3S/c1-27-20-8-4-2-7-18(20)22(26)24-15-23(12-10-16(25)11-13-23)19-14-28-21-9-5-3-6-17(19)21/h2-9,14,16,25H,10-13,15H2,1H3,(H,24,26)/t16-,23+. The van der Waals surface area contributed by atoms with E-state index in [1.165, 1.54) is 15.6 Å². The van der Waals surface area contributed by atoms with Crippen LogP contribution in [-0.4, -0.2) is 30.8 Å². The number of nitrogens with one attached hydrogen (secondary N) is 1. The molecular weight excluding hydrogens is 370 g/mol. The smallest absolute Gasteiger partial charge is 0.255 e. The zero-order valence-electron chi connectivity index (χ0n) is 16.0. The summed E-state index contributed by atoms with van der Waals surface area (Å²) in [6, 6.07) is 15.7. The molecule has 1 aliphatic rings. The Morgan fingerprint density at radius 3 is 2.68 bits per heavy atom. The Bertz CT molecular complexity index is 973. The number of fused-ring (bicyclic) bond motifs is 1. The average molecular weight is 396 g/mol. The molecule has 1 amide bonds. The molecule has 0 aliphatic heterocycles. The molecule has 4 nitrogen and oxygen atoms in total. The van der Waals surface area contributed by atoms with Gasteiger partial charge in [0.2, 0.25) is 0 Å². The highest BCUT2D eigenvalue weighted by Crippen LogP contribution is 2.44. The first-order valence-electron chi connectivity index (χ1n) is 9.69. The number of methoxy groups -OCH3 is 1. The van der Waals surface area contributed by atoms with Crippen LogP contribution in [0.2, 0.25) is 0 Å². The van der Waals surface area contributed by atoms with E-state index in [1.807, 2.05) is 12.1 Å². The summed E-state index contributed by atoms with van der Waals surface area (Å²) in [5.41, 5.74) is 1.68. The molecule has 0 saturated heterocycles.